The summed E-state index contributed by atoms with van der Waals surface area (Å²) in [5.41, 5.74) is 8.94. The maximum Gasteiger partial charge on any atom is 0.230 e. The molecule has 0 aliphatic heterocycles. The molecule has 0 saturated heterocycles. The van der Waals surface area contributed by atoms with E-state index < -0.39 is 8.07 Å². The Hall–Kier alpha value is -5.68. The zero-order valence-electron chi connectivity index (χ0n) is 25.7. The molecule has 0 fully saturated rings. The Kier molecular flexibility index (Phi) is 7.06. The highest BCUT2D eigenvalue weighted by molar-refractivity contribution is 7.16. The minimum atomic E-state index is -2.77. The maximum absolute atomic E-state index is 4.08. The summed E-state index contributed by atoms with van der Waals surface area (Å²) in [6, 6.07) is 63.9. The van der Waals surface area contributed by atoms with E-state index in [1.807, 2.05) is 0 Å². The van der Waals surface area contributed by atoms with Crippen LogP contribution in [0.1, 0.15) is 11.1 Å². The van der Waals surface area contributed by atoms with Gasteiger partial charge in [-0.05, 0) is 65.9 Å². The highest BCUT2D eigenvalue weighted by Gasteiger charge is 2.38. The average molecular weight is 601 g/mol. The second kappa shape index (κ2) is 11.7. The third kappa shape index (κ3) is 4.63. The van der Waals surface area contributed by atoms with Crippen LogP contribution >= 0.6 is 0 Å². The summed E-state index contributed by atoms with van der Waals surface area (Å²) in [5.74, 6) is 3.91. The van der Waals surface area contributed by atoms with Gasteiger partial charge in [0.1, 0.15) is 0 Å². The Morgan fingerprint density at radius 2 is 0.913 bits per heavy atom. The van der Waals surface area contributed by atoms with Crippen molar-refractivity contribution in [3.8, 4) is 22.6 Å². The first-order valence-corrected chi connectivity index (χ1v) is 17.9. The molecule has 0 heterocycles. The summed E-state index contributed by atoms with van der Waals surface area (Å²) < 4.78 is 0. The number of hydrogen-bond donors (Lipinski definition) is 0. The van der Waals surface area contributed by atoms with Crippen molar-refractivity contribution in [2.45, 2.75) is 6.92 Å². The van der Waals surface area contributed by atoms with Crippen LogP contribution in [0.3, 0.4) is 0 Å². The van der Waals surface area contributed by atoms with Gasteiger partial charge in [0.05, 0.1) is 0 Å². The van der Waals surface area contributed by atoms with Gasteiger partial charge in [-0.2, -0.15) is 0 Å². The summed E-state index contributed by atoms with van der Waals surface area (Å²) in [5, 5.41) is 11.2. The van der Waals surface area contributed by atoms with E-state index in [-0.39, 0.29) is 0 Å². The lowest BCUT2D eigenvalue weighted by Crippen LogP contribution is -2.66. The molecular weight excluding hydrogens is 569 g/mol. The van der Waals surface area contributed by atoms with E-state index in [2.05, 4.69) is 194 Å². The molecule has 0 radical (unpaired) electrons. The van der Waals surface area contributed by atoms with Crippen molar-refractivity contribution in [2.75, 3.05) is 0 Å². The van der Waals surface area contributed by atoms with Crippen LogP contribution in [-0.4, -0.2) is 8.07 Å². The molecule has 0 bridgehead atoms. The highest BCUT2D eigenvalue weighted by Crippen LogP contribution is 2.42. The van der Waals surface area contributed by atoms with Gasteiger partial charge in [-0.1, -0.05) is 187 Å². The van der Waals surface area contributed by atoms with Gasteiger partial charge in [-0.3, -0.25) is 0 Å². The Morgan fingerprint density at radius 3 is 1.54 bits per heavy atom. The molecule has 0 aromatic heterocycles. The first kappa shape index (κ1) is 27.8. The van der Waals surface area contributed by atoms with Gasteiger partial charge in [0.25, 0.3) is 0 Å². The van der Waals surface area contributed by atoms with E-state index in [0.717, 1.165) is 5.56 Å². The van der Waals surface area contributed by atoms with Crippen molar-refractivity contribution >= 4 is 56.0 Å². The molecule has 0 aliphatic rings. The molecular formula is C45H32Si. The number of benzene rings is 8. The average Bonchev–Trinajstić information content (AvgIpc) is 3.13. The van der Waals surface area contributed by atoms with Crippen molar-refractivity contribution < 1.29 is 0 Å². The van der Waals surface area contributed by atoms with Gasteiger partial charge in [0, 0.05) is 5.56 Å². The largest absolute Gasteiger partial charge is 0.230 e. The third-order valence-corrected chi connectivity index (χ3v) is 13.3. The second-order valence-corrected chi connectivity index (χ2v) is 15.5. The molecule has 0 N–H and O–H groups in total. The van der Waals surface area contributed by atoms with E-state index in [1.165, 1.54) is 64.6 Å². The molecule has 216 valence electrons. The SMILES string of the molecule is Cc1ccc2c(C#C[Si](c3ccccc3)(c3ccccc3)c3ccccc3)c3ccccc3c(-c3cccc4ccccc34)c2c1. The van der Waals surface area contributed by atoms with Gasteiger partial charge in [-0.25, -0.2) is 0 Å². The molecule has 0 nitrogen and oxygen atoms in total. The van der Waals surface area contributed by atoms with Crippen LogP contribution in [-0.2, 0) is 0 Å². The molecule has 0 spiro atoms. The van der Waals surface area contributed by atoms with Crippen molar-refractivity contribution in [1.82, 2.24) is 0 Å². The van der Waals surface area contributed by atoms with Gasteiger partial charge < -0.3 is 0 Å². The van der Waals surface area contributed by atoms with Crippen molar-refractivity contribution in [3.05, 3.63) is 187 Å². The zero-order valence-corrected chi connectivity index (χ0v) is 26.7. The summed E-state index contributed by atoms with van der Waals surface area (Å²) >= 11 is 0. The lowest BCUT2D eigenvalue weighted by Gasteiger charge is -2.28. The maximum atomic E-state index is 4.08. The van der Waals surface area contributed by atoms with Gasteiger partial charge in [0.2, 0.25) is 8.07 Å². The number of rotatable bonds is 4. The minimum Gasteiger partial charge on any atom is -0.109 e. The predicted octanol–water partition coefficient (Wildman–Crippen LogP) is 9.18. The molecule has 8 rings (SSSR count). The highest BCUT2D eigenvalue weighted by atomic mass is 28.3. The second-order valence-electron chi connectivity index (χ2n) is 12.0. The Morgan fingerprint density at radius 1 is 0.413 bits per heavy atom. The monoisotopic (exact) mass is 600 g/mol. The van der Waals surface area contributed by atoms with Crippen LogP contribution in [0.5, 0.6) is 0 Å². The fraction of sp³-hybridized carbons (Fsp3) is 0.0222. The molecule has 8 aromatic carbocycles. The summed E-state index contributed by atoms with van der Waals surface area (Å²) in [6.45, 7) is 2.19. The third-order valence-electron chi connectivity index (χ3n) is 9.23. The number of hydrogen-bond acceptors (Lipinski definition) is 0. The minimum absolute atomic E-state index is 1.09. The molecule has 8 aromatic rings. The fourth-order valence-corrected chi connectivity index (χ4v) is 10.9. The number of aryl methyl sites for hydroxylation is 1. The zero-order chi connectivity index (χ0) is 30.9. The smallest absolute Gasteiger partial charge is 0.109 e. The lowest BCUT2D eigenvalue weighted by atomic mass is 9.86. The van der Waals surface area contributed by atoms with E-state index in [0.29, 0.717) is 0 Å². The van der Waals surface area contributed by atoms with E-state index in [4.69, 9.17) is 0 Å². The molecule has 0 aliphatic carbocycles. The van der Waals surface area contributed by atoms with Crippen molar-refractivity contribution in [2.24, 2.45) is 0 Å². The van der Waals surface area contributed by atoms with Gasteiger partial charge in [-0.15, -0.1) is 5.54 Å². The Balaban J connectivity index is 1.50. The quantitative estimate of drug-likeness (QED) is 0.0818. The standard InChI is InChI=1S/C45H32Si/c1-33-28-29-40-41(30-31-46(35-18-5-2-6-19-35,36-20-7-3-8-21-36)37-22-9-4-10-23-37)39-25-13-14-26-43(39)45(44(40)32-33)42-27-15-17-34-16-11-12-24-38(34)42/h2-29,32H,1H3. The van der Waals surface area contributed by atoms with Crippen LogP contribution in [0.25, 0.3) is 43.4 Å². The van der Waals surface area contributed by atoms with Crippen LogP contribution in [0, 0.1) is 18.4 Å². The molecule has 0 unspecified atom stereocenters. The van der Waals surface area contributed by atoms with Crippen molar-refractivity contribution in [1.29, 1.82) is 0 Å². The Bertz CT molecular complexity index is 2310. The van der Waals surface area contributed by atoms with E-state index in [1.54, 1.807) is 0 Å². The first-order chi connectivity index (χ1) is 22.7. The summed E-state index contributed by atoms with van der Waals surface area (Å²) in [6.07, 6.45) is 0. The van der Waals surface area contributed by atoms with Crippen molar-refractivity contribution in [3.63, 3.8) is 0 Å². The molecule has 0 amide bonds. The normalized spacial score (nSPS) is 11.4. The van der Waals surface area contributed by atoms with Gasteiger partial charge in [0.15, 0.2) is 0 Å². The molecule has 1 heteroatoms. The van der Waals surface area contributed by atoms with E-state index in [9.17, 15) is 0 Å². The lowest BCUT2D eigenvalue weighted by molar-refractivity contribution is 1.51. The summed E-state index contributed by atoms with van der Waals surface area (Å²) in [4.78, 5) is 0. The summed E-state index contributed by atoms with van der Waals surface area (Å²) in [7, 11) is -2.77. The first-order valence-electron chi connectivity index (χ1n) is 15.9. The van der Waals surface area contributed by atoms with E-state index >= 15 is 0 Å². The molecule has 46 heavy (non-hydrogen) atoms. The fourth-order valence-electron chi connectivity index (χ4n) is 7.10. The topological polar surface area (TPSA) is 0 Å². The molecule has 0 atom stereocenters. The Labute approximate surface area is 271 Å². The number of fused-ring (bicyclic) bond motifs is 3. The molecule has 0 saturated carbocycles. The van der Waals surface area contributed by atoms with Crippen LogP contribution in [0.2, 0.25) is 0 Å². The van der Waals surface area contributed by atoms with Crippen LogP contribution in [0.4, 0.5) is 0 Å². The predicted molar refractivity (Wildman–Crippen MR) is 200 cm³/mol. The van der Waals surface area contributed by atoms with Gasteiger partial charge >= 0.3 is 0 Å². The van der Waals surface area contributed by atoms with Crippen LogP contribution in [0.15, 0.2) is 176 Å². The van der Waals surface area contributed by atoms with Crippen LogP contribution < -0.4 is 15.6 Å².